The van der Waals surface area contributed by atoms with Crippen LogP contribution in [0.1, 0.15) is 53.4 Å². The van der Waals surface area contributed by atoms with Crippen molar-refractivity contribution < 1.29 is 73.5 Å². The first-order valence-corrected chi connectivity index (χ1v) is 16.3. The fourth-order valence-electron chi connectivity index (χ4n) is 4.38. The van der Waals surface area contributed by atoms with Crippen LogP contribution in [0.3, 0.4) is 0 Å². The molecule has 0 aliphatic heterocycles. The monoisotopic (exact) mass is 762 g/mol. The van der Waals surface area contributed by atoms with Crippen LogP contribution in [0.4, 0.5) is 0 Å². The highest BCUT2D eigenvalue weighted by molar-refractivity contribution is 5.98. The minimum atomic E-state index is -1.90. The van der Waals surface area contributed by atoms with Gasteiger partial charge in [-0.15, -0.1) is 0 Å². The van der Waals surface area contributed by atoms with E-state index in [1.165, 1.54) is 13.8 Å². The average molecular weight is 763 g/mol. The summed E-state index contributed by atoms with van der Waals surface area (Å²) >= 11 is 0. The number of aliphatic hydroxyl groups is 2. The molecule has 23 nitrogen and oxygen atoms in total. The van der Waals surface area contributed by atoms with E-state index >= 15 is 0 Å². The molecule has 300 valence electrons. The number of hydrogen-bond acceptors (Lipinski definition) is 13. The van der Waals surface area contributed by atoms with Crippen molar-refractivity contribution in [2.45, 2.75) is 89.6 Å². The summed E-state index contributed by atoms with van der Waals surface area (Å²) in [5.74, 6) is -12.6. The molecule has 0 rings (SSSR count). The number of amides is 7. The van der Waals surface area contributed by atoms with Gasteiger partial charge in [0, 0.05) is 6.42 Å². The van der Waals surface area contributed by atoms with Crippen molar-refractivity contribution in [2.75, 3.05) is 26.3 Å². The Morgan fingerprint density at radius 1 is 0.566 bits per heavy atom. The van der Waals surface area contributed by atoms with Gasteiger partial charge in [-0.05, 0) is 24.7 Å². The Morgan fingerprint density at radius 2 is 1.08 bits per heavy atom. The molecule has 0 aromatic heterocycles. The van der Waals surface area contributed by atoms with Crippen molar-refractivity contribution in [2.24, 2.45) is 17.6 Å². The van der Waals surface area contributed by atoms with E-state index in [0.717, 1.165) is 0 Å². The lowest BCUT2D eigenvalue weighted by Crippen LogP contribution is -2.60. The summed E-state index contributed by atoms with van der Waals surface area (Å²) in [6.07, 6.45) is -2.40. The van der Waals surface area contributed by atoms with Crippen molar-refractivity contribution in [3.05, 3.63) is 0 Å². The molecule has 6 atom stereocenters. The highest BCUT2D eigenvalue weighted by atomic mass is 16.4. The molecule has 0 aliphatic carbocycles. The van der Waals surface area contributed by atoms with Crippen molar-refractivity contribution in [1.82, 2.24) is 37.2 Å². The fraction of sp³-hybridized carbons (Fsp3) is 0.667. The number of carbonyl (C=O) groups excluding carboxylic acids is 7. The van der Waals surface area contributed by atoms with E-state index in [4.69, 9.17) is 10.8 Å². The number of nitrogens with one attached hydrogen (secondary N) is 7. The molecule has 14 N–H and O–H groups in total. The lowest BCUT2D eigenvalue weighted by molar-refractivity contribution is -0.144. The summed E-state index contributed by atoms with van der Waals surface area (Å²) in [7, 11) is 0. The Labute approximate surface area is 303 Å². The minimum absolute atomic E-state index is 0.0841. The molecule has 0 heterocycles. The lowest BCUT2D eigenvalue weighted by Gasteiger charge is -2.27. The SMILES string of the molecule is CC(C)CC(NC(=O)C(CC(=O)O)NC(=O)C(CCC(=O)O)NC(=O)C(NC(=O)CNC(=O)C(CO)NC(=O)CN)C(C)C)C(=O)NC(CO)C(=O)O. The van der Waals surface area contributed by atoms with Gasteiger partial charge in [0.2, 0.25) is 41.4 Å². The summed E-state index contributed by atoms with van der Waals surface area (Å²) in [5.41, 5.74) is 5.16. The van der Waals surface area contributed by atoms with Gasteiger partial charge in [-0.25, -0.2) is 4.79 Å². The van der Waals surface area contributed by atoms with Crippen LogP contribution in [0.5, 0.6) is 0 Å². The van der Waals surface area contributed by atoms with Gasteiger partial charge < -0.3 is 68.5 Å². The Kier molecular flexibility index (Phi) is 21.5. The van der Waals surface area contributed by atoms with Gasteiger partial charge in [0.05, 0.1) is 32.7 Å². The zero-order valence-electron chi connectivity index (χ0n) is 29.7. The molecule has 0 saturated heterocycles. The summed E-state index contributed by atoms with van der Waals surface area (Å²) in [5, 5.41) is 61.7. The van der Waals surface area contributed by atoms with Crippen LogP contribution in [-0.2, 0) is 47.9 Å². The van der Waals surface area contributed by atoms with Gasteiger partial charge in [0.1, 0.15) is 36.3 Å². The maximum atomic E-state index is 13.4. The molecular formula is C30H50N8O15. The molecule has 53 heavy (non-hydrogen) atoms. The Bertz CT molecular complexity index is 1340. The number of hydrogen-bond donors (Lipinski definition) is 13. The van der Waals surface area contributed by atoms with Crippen molar-refractivity contribution in [3.63, 3.8) is 0 Å². The van der Waals surface area contributed by atoms with Crippen LogP contribution >= 0.6 is 0 Å². The molecule has 0 aromatic rings. The van der Waals surface area contributed by atoms with Crippen LogP contribution in [0.25, 0.3) is 0 Å². The topological polar surface area (TPSA) is 382 Å². The zero-order chi connectivity index (χ0) is 41.0. The Balaban J connectivity index is 6.04. The number of carboxylic acid groups (broad SMARTS) is 3. The molecule has 0 aromatic carbocycles. The number of rotatable bonds is 25. The predicted molar refractivity (Wildman–Crippen MR) is 179 cm³/mol. The van der Waals surface area contributed by atoms with Gasteiger partial charge in [0.15, 0.2) is 0 Å². The summed E-state index contributed by atoms with van der Waals surface area (Å²) in [6, 6.07) is -9.63. The average Bonchev–Trinajstić information content (AvgIpc) is 3.07. The molecule has 23 heteroatoms. The third kappa shape index (κ3) is 18.6. The predicted octanol–water partition coefficient (Wildman–Crippen LogP) is -5.92. The van der Waals surface area contributed by atoms with Crippen molar-refractivity contribution in [3.8, 4) is 0 Å². The highest BCUT2D eigenvalue weighted by Crippen LogP contribution is 2.09. The van der Waals surface area contributed by atoms with Crippen LogP contribution < -0.4 is 43.0 Å². The Morgan fingerprint density at radius 3 is 1.55 bits per heavy atom. The second kappa shape index (κ2) is 23.9. The smallest absolute Gasteiger partial charge is 0.328 e. The molecule has 0 radical (unpaired) electrons. The second-order valence-corrected chi connectivity index (χ2v) is 12.4. The number of nitrogens with two attached hydrogens (primary N) is 1. The quantitative estimate of drug-likeness (QED) is 0.0412. The van der Waals surface area contributed by atoms with E-state index in [2.05, 4.69) is 31.9 Å². The molecule has 0 bridgehead atoms. The first-order valence-electron chi connectivity index (χ1n) is 16.3. The lowest BCUT2D eigenvalue weighted by atomic mass is 10.0. The van der Waals surface area contributed by atoms with E-state index in [0.29, 0.717) is 0 Å². The van der Waals surface area contributed by atoms with Gasteiger partial charge in [0.25, 0.3) is 0 Å². The van der Waals surface area contributed by atoms with Crippen molar-refractivity contribution in [1.29, 1.82) is 0 Å². The molecule has 0 spiro atoms. The van der Waals surface area contributed by atoms with Crippen LogP contribution in [0, 0.1) is 11.8 Å². The standard InChI is InChI=1S/C30H50N8O15/c1-13(2)7-16(27(49)37-19(12-40)30(52)53)35-28(50)17(8-23(45)46)36-26(48)15(5-6-22(43)44)34-29(51)24(14(3)4)38-21(42)10-32-25(47)18(11-39)33-20(41)9-31/h13-19,24,39-40H,5-12,31H2,1-4H3,(H,32,47)(H,33,41)(H,34,51)(H,35,50)(H,36,48)(H,37,49)(H,38,42)(H,43,44)(H,45,46)(H,52,53). The second-order valence-electron chi connectivity index (χ2n) is 12.4. The van der Waals surface area contributed by atoms with Gasteiger partial charge in [-0.1, -0.05) is 27.7 Å². The molecule has 0 saturated carbocycles. The molecule has 6 unspecified atom stereocenters. The number of aliphatic carboxylic acids is 3. The fourth-order valence-corrected chi connectivity index (χ4v) is 4.38. The normalized spacial score (nSPS) is 14.3. The Hall–Kier alpha value is -5.42. The highest BCUT2D eigenvalue weighted by Gasteiger charge is 2.34. The van der Waals surface area contributed by atoms with E-state index in [9.17, 15) is 68.4 Å². The van der Waals surface area contributed by atoms with Gasteiger partial charge in [-0.2, -0.15) is 0 Å². The first kappa shape index (κ1) is 47.6. The summed E-state index contributed by atoms with van der Waals surface area (Å²) in [4.78, 5) is 123. The summed E-state index contributed by atoms with van der Waals surface area (Å²) in [6.45, 7) is 3.29. The van der Waals surface area contributed by atoms with E-state index in [1.54, 1.807) is 13.8 Å². The van der Waals surface area contributed by atoms with Crippen molar-refractivity contribution >= 4 is 59.3 Å². The molecule has 0 fully saturated rings. The summed E-state index contributed by atoms with van der Waals surface area (Å²) < 4.78 is 0. The maximum absolute atomic E-state index is 13.4. The first-order chi connectivity index (χ1) is 24.7. The van der Waals surface area contributed by atoms with Crippen LogP contribution in [0.15, 0.2) is 0 Å². The molecular weight excluding hydrogens is 712 g/mol. The van der Waals surface area contributed by atoms with E-state index in [-0.39, 0.29) is 12.3 Å². The van der Waals surface area contributed by atoms with E-state index < -0.39 is 147 Å². The zero-order valence-corrected chi connectivity index (χ0v) is 29.7. The molecule has 7 amide bonds. The number of aliphatic hydroxyl groups excluding tert-OH is 2. The van der Waals surface area contributed by atoms with Gasteiger partial charge in [-0.3, -0.25) is 43.2 Å². The van der Waals surface area contributed by atoms with Crippen LogP contribution in [-0.4, -0.2) is 147 Å². The largest absolute Gasteiger partial charge is 0.481 e. The van der Waals surface area contributed by atoms with E-state index in [1.807, 2.05) is 5.32 Å². The minimum Gasteiger partial charge on any atom is -0.481 e. The third-order valence-electron chi connectivity index (χ3n) is 7.14. The van der Waals surface area contributed by atoms with Gasteiger partial charge >= 0.3 is 17.9 Å². The maximum Gasteiger partial charge on any atom is 0.328 e. The number of carboxylic acids is 3. The third-order valence-corrected chi connectivity index (χ3v) is 7.14. The van der Waals surface area contributed by atoms with Crippen LogP contribution in [0.2, 0.25) is 0 Å². The number of carbonyl (C=O) groups is 10. The molecule has 0 aliphatic rings.